The number of benzene rings is 1. The van der Waals surface area contributed by atoms with E-state index in [1.54, 1.807) is 6.92 Å². The number of hydrogen-bond acceptors (Lipinski definition) is 3. The third-order valence-corrected chi connectivity index (χ3v) is 5.82. The molecule has 146 valence electrons. The van der Waals surface area contributed by atoms with E-state index in [2.05, 4.69) is 5.10 Å². The van der Waals surface area contributed by atoms with Crippen LogP contribution in [-0.4, -0.2) is 24.5 Å². The first-order chi connectivity index (χ1) is 12.6. The van der Waals surface area contributed by atoms with Crippen LogP contribution in [0, 0.1) is 0 Å². The van der Waals surface area contributed by atoms with Crippen LogP contribution >= 0.6 is 0 Å². The first-order valence-electron chi connectivity index (χ1n) is 8.81. The van der Waals surface area contributed by atoms with Crippen molar-refractivity contribution >= 4 is 15.4 Å². The number of nitrogens with zero attached hydrogens (tertiary/aromatic N) is 2. The lowest BCUT2D eigenvalue weighted by Crippen LogP contribution is -2.16. The van der Waals surface area contributed by atoms with E-state index in [1.807, 2.05) is 6.08 Å². The fourth-order valence-electron chi connectivity index (χ4n) is 3.41. The molecule has 0 unspecified atom stereocenters. The van der Waals surface area contributed by atoms with E-state index in [0.29, 0.717) is 17.6 Å². The van der Waals surface area contributed by atoms with Crippen molar-refractivity contribution in [3.63, 3.8) is 0 Å². The topological polar surface area (TPSA) is 52.0 Å². The average molecular weight is 398 g/mol. The molecule has 1 aliphatic rings. The van der Waals surface area contributed by atoms with Crippen molar-refractivity contribution in [2.75, 3.05) is 6.26 Å². The molecule has 0 saturated carbocycles. The zero-order valence-corrected chi connectivity index (χ0v) is 16.0. The van der Waals surface area contributed by atoms with Crippen molar-refractivity contribution in [2.24, 2.45) is 0 Å². The zero-order chi connectivity index (χ0) is 19.8. The van der Waals surface area contributed by atoms with Crippen LogP contribution in [0.1, 0.15) is 43.9 Å². The van der Waals surface area contributed by atoms with Gasteiger partial charge in [-0.2, -0.15) is 18.3 Å². The third-order valence-electron chi connectivity index (χ3n) is 4.69. The summed E-state index contributed by atoms with van der Waals surface area (Å²) in [5.74, 6) is 0. The molecule has 0 fully saturated rings. The molecule has 1 aromatic heterocycles. The molecule has 1 aliphatic carbocycles. The van der Waals surface area contributed by atoms with Gasteiger partial charge in [-0.3, -0.25) is 4.68 Å². The molecule has 0 radical (unpaired) electrons. The van der Waals surface area contributed by atoms with Gasteiger partial charge >= 0.3 is 6.18 Å². The first-order valence-corrected chi connectivity index (χ1v) is 10.7. The van der Waals surface area contributed by atoms with Crippen LogP contribution in [0.5, 0.6) is 0 Å². The fraction of sp³-hybridized carbons (Fsp3) is 0.421. The molecule has 2 aromatic rings. The summed E-state index contributed by atoms with van der Waals surface area (Å²) in [4.78, 5) is 0.121. The lowest BCUT2D eigenvalue weighted by molar-refractivity contribution is -0.144. The molecular formula is C19H21F3N2O2S. The van der Waals surface area contributed by atoms with Gasteiger partial charge in [0.25, 0.3) is 0 Å². The van der Waals surface area contributed by atoms with Gasteiger partial charge in [0.05, 0.1) is 4.90 Å². The highest BCUT2D eigenvalue weighted by molar-refractivity contribution is 7.90. The number of rotatable bonds is 4. The molecule has 1 heterocycles. The number of aromatic nitrogens is 2. The Morgan fingerprint density at radius 2 is 1.81 bits per heavy atom. The van der Waals surface area contributed by atoms with Gasteiger partial charge in [-0.15, -0.1) is 0 Å². The minimum absolute atomic E-state index is 0.0938. The second-order valence-electron chi connectivity index (χ2n) is 6.66. The van der Waals surface area contributed by atoms with Crippen LogP contribution in [0.25, 0.3) is 16.8 Å². The summed E-state index contributed by atoms with van der Waals surface area (Å²) in [5.41, 5.74) is 0.769. The van der Waals surface area contributed by atoms with E-state index in [-0.39, 0.29) is 22.7 Å². The molecule has 4 nitrogen and oxygen atoms in total. The van der Waals surface area contributed by atoms with E-state index in [9.17, 15) is 21.6 Å². The van der Waals surface area contributed by atoms with Gasteiger partial charge in [0, 0.05) is 23.9 Å². The molecule has 8 heteroatoms. The predicted molar refractivity (Wildman–Crippen MR) is 97.9 cm³/mol. The minimum atomic E-state index is -4.53. The maximum Gasteiger partial charge on any atom is 0.433 e. The maximum absolute atomic E-state index is 13.8. The number of allylic oxidation sites excluding steroid dienone is 2. The van der Waals surface area contributed by atoms with Gasteiger partial charge in [0.15, 0.2) is 15.5 Å². The van der Waals surface area contributed by atoms with Gasteiger partial charge in [-0.25, -0.2) is 8.42 Å². The summed E-state index contributed by atoms with van der Waals surface area (Å²) in [6.45, 7) is 1.72. The first kappa shape index (κ1) is 19.7. The number of hydrogen-bond donors (Lipinski definition) is 0. The monoisotopic (exact) mass is 398 g/mol. The van der Waals surface area contributed by atoms with Crippen LogP contribution in [0.2, 0.25) is 0 Å². The summed E-state index contributed by atoms with van der Waals surface area (Å²) in [6.07, 6.45) is 1.56. The SMILES string of the molecule is CCn1nc(-c2ccc(S(C)(=O)=O)cc2)c(C2=CCCCC2)c1C(F)(F)F. The molecule has 1 aromatic carbocycles. The van der Waals surface area contributed by atoms with Crippen molar-refractivity contribution in [2.45, 2.75) is 50.2 Å². The fourth-order valence-corrected chi connectivity index (χ4v) is 4.04. The Morgan fingerprint density at radius 1 is 1.15 bits per heavy atom. The molecule has 0 saturated heterocycles. The summed E-state index contributed by atoms with van der Waals surface area (Å²) in [6, 6.07) is 5.85. The van der Waals surface area contributed by atoms with Gasteiger partial charge in [-0.05, 0) is 50.3 Å². The normalized spacial score (nSPS) is 15.7. The summed E-state index contributed by atoms with van der Waals surface area (Å²) < 4.78 is 65.8. The molecule has 0 atom stereocenters. The molecule has 0 amide bonds. The minimum Gasteiger partial charge on any atom is -0.260 e. The molecule has 27 heavy (non-hydrogen) atoms. The highest BCUT2D eigenvalue weighted by Gasteiger charge is 2.40. The molecule has 0 aliphatic heterocycles. The van der Waals surface area contributed by atoms with Crippen molar-refractivity contribution in [1.29, 1.82) is 0 Å². The summed E-state index contributed by atoms with van der Waals surface area (Å²) in [7, 11) is -3.38. The van der Waals surface area contributed by atoms with Crippen molar-refractivity contribution < 1.29 is 21.6 Å². The number of alkyl halides is 3. The van der Waals surface area contributed by atoms with E-state index >= 15 is 0 Å². The summed E-state index contributed by atoms with van der Waals surface area (Å²) in [5, 5.41) is 4.24. The lowest BCUT2D eigenvalue weighted by Gasteiger charge is -2.17. The van der Waals surface area contributed by atoms with Gasteiger partial charge in [0.2, 0.25) is 0 Å². The lowest BCUT2D eigenvalue weighted by atomic mass is 9.90. The van der Waals surface area contributed by atoms with E-state index in [4.69, 9.17) is 0 Å². The Morgan fingerprint density at radius 3 is 2.30 bits per heavy atom. The average Bonchev–Trinajstić information content (AvgIpc) is 3.02. The summed E-state index contributed by atoms with van der Waals surface area (Å²) >= 11 is 0. The van der Waals surface area contributed by atoms with Gasteiger partial charge < -0.3 is 0 Å². The van der Waals surface area contributed by atoms with Gasteiger partial charge in [-0.1, -0.05) is 18.2 Å². The number of aryl methyl sites for hydroxylation is 1. The molecule has 0 N–H and O–H groups in total. The largest absolute Gasteiger partial charge is 0.433 e. The predicted octanol–water partition coefficient (Wildman–Crippen LogP) is 4.95. The number of halogens is 3. The van der Waals surface area contributed by atoms with E-state index in [1.165, 1.54) is 24.3 Å². The second kappa shape index (κ2) is 7.14. The van der Waals surface area contributed by atoms with Crippen LogP contribution in [0.3, 0.4) is 0 Å². The van der Waals surface area contributed by atoms with Crippen molar-refractivity contribution in [3.05, 3.63) is 41.6 Å². The van der Waals surface area contributed by atoms with Gasteiger partial charge in [0.1, 0.15) is 5.69 Å². The van der Waals surface area contributed by atoms with Crippen LogP contribution < -0.4 is 0 Å². The van der Waals surface area contributed by atoms with Crippen molar-refractivity contribution in [3.8, 4) is 11.3 Å². The molecule has 0 spiro atoms. The molecule has 0 bridgehead atoms. The molecule has 3 rings (SSSR count). The standard InChI is InChI=1S/C19H21F3N2O2S/c1-3-24-18(19(20,21)22)16(13-7-5-4-6-8-13)17(23-24)14-9-11-15(12-10-14)27(2,25)26/h7,9-12H,3-6,8H2,1-2H3. The maximum atomic E-state index is 13.8. The highest BCUT2D eigenvalue weighted by atomic mass is 32.2. The smallest absolute Gasteiger partial charge is 0.260 e. The van der Waals surface area contributed by atoms with Crippen LogP contribution in [0.15, 0.2) is 35.2 Å². The third kappa shape index (κ3) is 3.95. The zero-order valence-electron chi connectivity index (χ0n) is 15.2. The van der Waals surface area contributed by atoms with Crippen molar-refractivity contribution in [1.82, 2.24) is 9.78 Å². The second-order valence-corrected chi connectivity index (χ2v) is 8.67. The molecular weight excluding hydrogens is 377 g/mol. The Hall–Kier alpha value is -2.09. The van der Waals surface area contributed by atoms with Crippen LogP contribution in [0.4, 0.5) is 13.2 Å². The highest BCUT2D eigenvalue weighted by Crippen LogP contribution is 2.43. The Balaban J connectivity index is 2.23. The Bertz CT molecular complexity index is 972. The number of sulfone groups is 1. The van der Waals surface area contributed by atoms with E-state index in [0.717, 1.165) is 30.2 Å². The van der Waals surface area contributed by atoms with E-state index < -0.39 is 21.7 Å². The quantitative estimate of drug-likeness (QED) is 0.732. The Labute approximate surface area is 156 Å². The Kier molecular flexibility index (Phi) is 5.20. The van der Waals surface area contributed by atoms with Crippen LogP contribution in [-0.2, 0) is 22.6 Å².